The van der Waals surface area contributed by atoms with E-state index >= 15 is 0 Å². The minimum Gasteiger partial charge on any atom is -0.292 e. The Hall–Kier alpha value is -0.640. The van der Waals surface area contributed by atoms with Gasteiger partial charge in [0.05, 0.1) is 10.7 Å². The molecule has 1 aromatic heterocycles. The highest BCUT2D eigenvalue weighted by Crippen LogP contribution is 2.35. The molecular formula is C14H21BrN2O. The van der Waals surface area contributed by atoms with Gasteiger partial charge in [0, 0.05) is 13.0 Å². The average Bonchev–Trinajstić information content (AvgIpc) is 2.68. The van der Waals surface area contributed by atoms with Crippen LogP contribution in [0.1, 0.15) is 50.0 Å². The van der Waals surface area contributed by atoms with Crippen molar-refractivity contribution in [1.29, 1.82) is 0 Å². The topological polar surface area (TPSA) is 34.9 Å². The van der Waals surface area contributed by atoms with Gasteiger partial charge in [0.2, 0.25) is 0 Å². The molecule has 0 spiro atoms. The first-order valence-corrected chi connectivity index (χ1v) is 7.51. The molecule has 0 saturated heterocycles. The molecule has 1 aliphatic rings. The van der Waals surface area contributed by atoms with E-state index in [2.05, 4.69) is 34.9 Å². The second-order valence-corrected chi connectivity index (χ2v) is 6.54. The molecule has 0 atom stereocenters. The standard InChI is InChI=1S/C14H21BrN2O/c1-9(2)10-4-6-11(7-5-10)14(18)13-12(15)8-16-17(13)3/h8-11H,4-7H2,1-3H3. The van der Waals surface area contributed by atoms with Gasteiger partial charge < -0.3 is 0 Å². The van der Waals surface area contributed by atoms with Crippen molar-refractivity contribution in [2.45, 2.75) is 39.5 Å². The van der Waals surface area contributed by atoms with Crippen LogP contribution in [0.15, 0.2) is 10.7 Å². The Morgan fingerprint density at radius 2 is 2.00 bits per heavy atom. The number of hydrogen-bond acceptors (Lipinski definition) is 2. The summed E-state index contributed by atoms with van der Waals surface area (Å²) in [6, 6.07) is 0. The van der Waals surface area contributed by atoms with Crippen LogP contribution in [0.3, 0.4) is 0 Å². The summed E-state index contributed by atoms with van der Waals surface area (Å²) in [5.41, 5.74) is 0.725. The van der Waals surface area contributed by atoms with Crippen LogP contribution in [0.25, 0.3) is 0 Å². The first-order valence-electron chi connectivity index (χ1n) is 6.72. The molecule has 0 aliphatic heterocycles. The lowest BCUT2D eigenvalue weighted by atomic mass is 9.75. The minimum absolute atomic E-state index is 0.187. The van der Waals surface area contributed by atoms with Gasteiger partial charge in [0.15, 0.2) is 5.78 Å². The number of halogens is 1. The van der Waals surface area contributed by atoms with Crippen LogP contribution in [0.4, 0.5) is 0 Å². The van der Waals surface area contributed by atoms with Gasteiger partial charge in [-0.25, -0.2) is 0 Å². The Morgan fingerprint density at radius 3 is 2.44 bits per heavy atom. The minimum atomic E-state index is 0.187. The fraction of sp³-hybridized carbons (Fsp3) is 0.714. The second-order valence-electron chi connectivity index (χ2n) is 5.68. The maximum Gasteiger partial charge on any atom is 0.185 e. The van der Waals surface area contributed by atoms with Gasteiger partial charge in [-0.1, -0.05) is 13.8 Å². The average molecular weight is 313 g/mol. The van der Waals surface area contributed by atoms with Gasteiger partial charge in [-0.3, -0.25) is 9.48 Å². The quantitative estimate of drug-likeness (QED) is 0.795. The lowest BCUT2D eigenvalue weighted by Crippen LogP contribution is -2.25. The zero-order chi connectivity index (χ0) is 13.3. The largest absolute Gasteiger partial charge is 0.292 e. The third-order valence-electron chi connectivity index (χ3n) is 4.21. The van der Waals surface area contributed by atoms with Crippen LogP contribution >= 0.6 is 15.9 Å². The summed E-state index contributed by atoms with van der Waals surface area (Å²) in [6.45, 7) is 4.56. The Morgan fingerprint density at radius 1 is 1.39 bits per heavy atom. The van der Waals surface area contributed by atoms with Crippen LogP contribution in [-0.4, -0.2) is 15.6 Å². The molecule has 100 valence electrons. The number of aromatic nitrogens is 2. The number of Topliss-reactive ketones (excluding diaryl/α,β-unsaturated/α-hetero) is 1. The van der Waals surface area contributed by atoms with Gasteiger partial charge in [-0.05, 0) is 53.4 Å². The summed E-state index contributed by atoms with van der Waals surface area (Å²) in [6.07, 6.45) is 6.12. The molecular weight excluding hydrogens is 292 g/mol. The molecule has 1 fully saturated rings. The molecule has 18 heavy (non-hydrogen) atoms. The normalized spacial score (nSPS) is 24.5. The Labute approximate surface area is 117 Å². The number of carbonyl (C=O) groups is 1. The molecule has 1 saturated carbocycles. The van der Waals surface area contributed by atoms with E-state index in [1.165, 1.54) is 12.8 Å². The van der Waals surface area contributed by atoms with Crippen molar-refractivity contribution in [3.8, 4) is 0 Å². The Kier molecular flexibility index (Phi) is 4.25. The third-order valence-corrected chi connectivity index (χ3v) is 4.79. The van der Waals surface area contributed by atoms with Crippen LogP contribution < -0.4 is 0 Å². The lowest BCUT2D eigenvalue weighted by molar-refractivity contribution is 0.0848. The number of ketones is 1. The van der Waals surface area contributed by atoms with Crippen molar-refractivity contribution in [1.82, 2.24) is 9.78 Å². The SMILES string of the molecule is CC(C)C1CCC(C(=O)c2c(Br)cnn2C)CC1. The molecule has 1 aromatic rings. The first-order chi connectivity index (χ1) is 8.50. The number of aryl methyl sites for hydroxylation is 1. The molecule has 0 unspecified atom stereocenters. The van der Waals surface area contributed by atoms with E-state index in [0.717, 1.165) is 34.8 Å². The van der Waals surface area contributed by atoms with Crippen LogP contribution in [0, 0.1) is 17.8 Å². The van der Waals surface area contributed by atoms with Crippen molar-refractivity contribution >= 4 is 21.7 Å². The summed E-state index contributed by atoms with van der Waals surface area (Å²) >= 11 is 3.42. The number of rotatable bonds is 3. The predicted octanol–water partition coefficient (Wildman–Crippen LogP) is 3.83. The summed E-state index contributed by atoms with van der Waals surface area (Å²) in [5, 5.41) is 4.12. The molecule has 0 bridgehead atoms. The van der Waals surface area contributed by atoms with Crippen molar-refractivity contribution in [3.63, 3.8) is 0 Å². The monoisotopic (exact) mass is 312 g/mol. The predicted molar refractivity (Wildman–Crippen MR) is 75.5 cm³/mol. The van der Waals surface area contributed by atoms with Crippen molar-refractivity contribution in [2.75, 3.05) is 0 Å². The fourth-order valence-electron chi connectivity index (χ4n) is 2.93. The van der Waals surface area contributed by atoms with Gasteiger partial charge >= 0.3 is 0 Å². The summed E-state index contributed by atoms with van der Waals surface area (Å²) in [4.78, 5) is 12.5. The fourth-order valence-corrected chi connectivity index (χ4v) is 3.47. The molecule has 1 heterocycles. The second kappa shape index (κ2) is 5.55. The van der Waals surface area contributed by atoms with E-state index in [-0.39, 0.29) is 11.7 Å². The molecule has 0 radical (unpaired) electrons. The Bertz CT molecular complexity index is 412. The Balaban J connectivity index is 2.04. The van der Waals surface area contributed by atoms with Gasteiger partial charge in [-0.15, -0.1) is 0 Å². The molecule has 4 heteroatoms. The summed E-state index contributed by atoms with van der Waals surface area (Å²) in [5.74, 6) is 1.98. The zero-order valence-electron chi connectivity index (χ0n) is 11.3. The molecule has 0 amide bonds. The van der Waals surface area contributed by atoms with Gasteiger partial charge in [-0.2, -0.15) is 5.10 Å². The van der Waals surface area contributed by atoms with Crippen LogP contribution in [-0.2, 0) is 7.05 Å². The van der Waals surface area contributed by atoms with E-state index in [4.69, 9.17) is 0 Å². The van der Waals surface area contributed by atoms with E-state index in [9.17, 15) is 4.79 Å². The highest BCUT2D eigenvalue weighted by Gasteiger charge is 2.30. The summed E-state index contributed by atoms with van der Waals surface area (Å²) < 4.78 is 2.50. The molecule has 1 aliphatic carbocycles. The first kappa shape index (κ1) is 13.8. The maximum atomic E-state index is 12.5. The maximum absolute atomic E-state index is 12.5. The van der Waals surface area contributed by atoms with E-state index in [0.29, 0.717) is 0 Å². The van der Waals surface area contributed by atoms with Crippen molar-refractivity contribution in [3.05, 3.63) is 16.4 Å². The molecule has 3 nitrogen and oxygen atoms in total. The van der Waals surface area contributed by atoms with Gasteiger partial charge in [0.1, 0.15) is 5.69 Å². The lowest BCUT2D eigenvalue weighted by Gasteiger charge is -2.30. The van der Waals surface area contributed by atoms with Crippen LogP contribution in [0.5, 0.6) is 0 Å². The van der Waals surface area contributed by atoms with Crippen LogP contribution in [0.2, 0.25) is 0 Å². The molecule has 0 N–H and O–H groups in total. The third kappa shape index (κ3) is 2.68. The number of hydrogen-bond donors (Lipinski definition) is 0. The van der Waals surface area contributed by atoms with E-state index in [1.54, 1.807) is 10.9 Å². The number of carbonyl (C=O) groups excluding carboxylic acids is 1. The summed E-state index contributed by atoms with van der Waals surface area (Å²) in [7, 11) is 1.83. The molecule has 0 aromatic carbocycles. The smallest absolute Gasteiger partial charge is 0.185 e. The number of nitrogens with zero attached hydrogens (tertiary/aromatic N) is 2. The van der Waals surface area contributed by atoms with Crippen molar-refractivity contribution in [2.24, 2.45) is 24.8 Å². The zero-order valence-corrected chi connectivity index (χ0v) is 12.9. The highest BCUT2D eigenvalue weighted by molar-refractivity contribution is 9.10. The van der Waals surface area contributed by atoms with E-state index in [1.807, 2.05) is 7.05 Å². The van der Waals surface area contributed by atoms with Gasteiger partial charge in [0.25, 0.3) is 0 Å². The van der Waals surface area contributed by atoms with E-state index < -0.39 is 0 Å². The van der Waals surface area contributed by atoms with Crippen molar-refractivity contribution < 1.29 is 4.79 Å². The molecule has 2 rings (SSSR count). The highest BCUT2D eigenvalue weighted by atomic mass is 79.9.